The van der Waals surface area contributed by atoms with Gasteiger partial charge in [0.05, 0.1) is 23.0 Å². The molecule has 3 heterocycles. The van der Waals surface area contributed by atoms with Crippen LogP contribution in [-0.4, -0.2) is 32.4 Å². The van der Waals surface area contributed by atoms with Crippen LogP contribution in [0.3, 0.4) is 0 Å². The molecule has 1 aliphatic heterocycles. The average molecular weight is 541 g/mol. The Morgan fingerprint density at radius 1 is 1.13 bits per heavy atom. The molecule has 0 unspecified atom stereocenters. The van der Waals surface area contributed by atoms with Crippen molar-refractivity contribution >= 4 is 46.2 Å². The number of anilines is 3. The highest BCUT2D eigenvalue weighted by molar-refractivity contribution is 7.81. The molecule has 1 saturated carbocycles. The van der Waals surface area contributed by atoms with Crippen molar-refractivity contribution in [3.63, 3.8) is 0 Å². The van der Waals surface area contributed by atoms with Crippen LogP contribution >= 0.6 is 12.2 Å². The van der Waals surface area contributed by atoms with Gasteiger partial charge in [-0.2, -0.15) is 18.4 Å². The predicted molar refractivity (Wildman–Crippen MR) is 132 cm³/mol. The number of nitrogens with one attached hydrogen (secondary N) is 1. The second kappa shape index (κ2) is 9.14. The van der Waals surface area contributed by atoms with E-state index in [0.29, 0.717) is 31.0 Å². The van der Waals surface area contributed by atoms with E-state index in [-0.39, 0.29) is 22.1 Å². The molecule has 8 nitrogen and oxygen atoms in total. The highest BCUT2D eigenvalue weighted by atomic mass is 32.1. The zero-order valence-electron chi connectivity index (χ0n) is 19.3. The Bertz CT molecular complexity index is 1520. The molecule has 3 aromatic rings. The van der Waals surface area contributed by atoms with Crippen molar-refractivity contribution in [1.82, 2.24) is 9.97 Å². The first-order valence-corrected chi connectivity index (χ1v) is 11.6. The van der Waals surface area contributed by atoms with E-state index in [1.54, 1.807) is 0 Å². The number of benzene rings is 1. The fourth-order valence-corrected chi connectivity index (χ4v) is 5.02. The molecule has 192 valence electrons. The van der Waals surface area contributed by atoms with Crippen molar-refractivity contribution < 1.29 is 27.2 Å². The predicted octanol–water partition coefficient (Wildman–Crippen LogP) is 4.82. The number of nitrogens with zero attached hydrogens (tertiary/aromatic N) is 5. The third-order valence-electron chi connectivity index (χ3n) is 6.53. The molecule has 1 N–H and O–H groups in total. The number of amides is 2. The number of nitriles is 1. The van der Waals surface area contributed by atoms with E-state index < -0.39 is 40.6 Å². The number of pyridine rings is 2. The van der Waals surface area contributed by atoms with Gasteiger partial charge < -0.3 is 10.2 Å². The fraction of sp³-hybridized carbons (Fsp3) is 0.200. The van der Waals surface area contributed by atoms with Gasteiger partial charge in [-0.05, 0) is 67.9 Å². The van der Waals surface area contributed by atoms with Gasteiger partial charge >= 0.3 is 6.18 Å². The van der Waals surface area contributed by atoms with Crippen molar-refractivity contribution in [1.29, 1.82) is 5.26 Å². The molecule has 1 saturated heterocycles. The van der Waals surface area contributed by atoms with Gasteiger partial charge in [0.15, 0.2) is 10.8 Å². The first-order chi connectivity index (χ1) is 18.1. The van der Waals surface area contributed by atoms with Gasteiger partial charge in [-0.25, -0.2) is 9.37 Å². The average Bonchev–Trinajstić information content (AvgIpc) is 3.10. The van der Waals surface area contributed by atoms with Crippen LogP contribution in [0.4, 0.5) is 34.6 Å². The number of carbonyl (C=O) groups is 2. The van der Waals surface area contributed by atoms with Crippen LogP contribution < -0.4 is 15.1 Å². The number of hydrogen-bond donors (Lipinski definition) is 1. The van der Waals surface area contributed by atoms with Gasteiger partial charge in [0.1, 0.15) is 17.4 Å². The summed E-state index contributed by atoms with van der Waals surface area (Å²) in [6.07, 6.45) is 0.334. The van der Waals surface area contributed by atoms with E-state index in [0.717, 1.165) is 17.2 Å². The molecule has 38 heavy (non-hydrogen) atoms. The SMILES string of the molecule is N#Cc1ncc(N2C(=O)C3(CCC3)N(c3ccc(C(=O)Nc4ccncc4)c(F)c3)C2=S)cc1C(F)(F)F. The van der Waals surface area contributed by atoms with Crippen LogP contribution in [0.1, 0.15) is 40.9 Å². The minimum absolute atomic E-state index is 0.164. The number of thiocarbonyl (C=S) groups is 1. The number of carbonyl (C=O) groups excluding carboxylic acids is 2. The summed E-state index contributed by atoms with van der Waals surface area (Å²) >= 11 is 5.51. The Hall–Kier alpha value is -4.44. The lowest BCUT2D eigenvalue weighted by atomic mass is 9.75. The Labute approximate surface area is 218 Å². The minimum atomic E-state index is -4.89. The topological polar surface area (TPSA) is 102 Å². The zero-order chi connectivity index (χ0) is 27.2. The highest BCUT2D eigenvalue weighted by Crippen LogP contribution is 2.48. The van der Waals surface area contributed by atoms with E-state index in [2.05, 4.69) is 15.3 Å². The van der Waals surface area contributed by atoms with Gasteiger partial charge in [-0.15, -0.1) is 0 Å². The van der Waals surface area contributed by atoms with E-state index in [4.69, 9.17) is 17.5 Å². The quantitative estimate of drug-likeness (QED) is 0.374. The molecule has 13 heteroatoms. The maximum atomic E-state index is 15.1. The molecule has 2 aliphatic rings. The van der Waals surface area contributed by atoms with E-state index in [9.17, 15) is 22.8 Å². The summed E-state index contributed by atoms with van der Waals surface area (Å²) in [4.78, 5) is 35.9. The molecule has 0 radical (unpaired) electrons. The molecule has 2 aromatic heterocycles. The van der Waals surface area contributed by atoms with Crippen molar-refractivity contribution in [3.8, 4) is 6.07 Å². The summed E-state index contributed by atoms with van der Waals surface area (Å²) in [7, 11) is 0. The summed E-state index contributed by atoms with van der Waals surface area (Å²) in [6, 6.07) is 8.85. The summed E-state index contributed by atoms with van der Waals surface area (Å²) < 4.78 is 55.7. The van der Waals surface area contributed by atoms with Gasteiger partial charge in [-0.3, -0.25) is 19.5 Å². The molecular weight excluding hydrogens is 524 g/mol. The molecule has 0 atom stereocenters. The largest absolute Gasteiger partial charge is 0.419 e. The smallest absolute Gasteiger partial charge is 0.322 e. The lowest BCUT2D eigenvalue weighted by molar-refractivity contribution is -0.138. The Balaban J connectivity index is 1.50. The Morgan fingerprint density at radius 3 is 2.42 bits per heavy atom. The van der Waals surface area contributed by atoms with Crippen LogP contribution in [0.15, 0.2) is 55.0 Å². The molecular formula is C25H16F4N6O2S. The lowest BCUT2D eigenvalue weighted by Crippen LogP contribution is -2.55. The summed E-state index contributed by atoms with van der Waals surface area (Å²) in [5, 5.41) is 11.4. The van der Waals surface area contributed by atoms with Crippen molar-refractivity contribution in [2.24, 2.45) is 0 Å². The minimum Gasteiger partial charge on any atom is -0.322 e. The number of hydrogen-bond acceptors (Lipinski definition) is 6. The third kappa shape index (κ3) is 4.03. The Kier molecular flexibility index (Phi) is 6.07. The standard InChI is InChI=1S/C25H16F4N6O2S/c26-19-11-15(2-3-17(19)21(36)33-14-4-8-31-9-5-14)35-23(38)34(22(37)24(35)6-1-7-24)16-10-18(25(27,28)29)20(12-30)32-13-16/h2-5,8-11,13H,1,6-7H2,(H,31,33,36). The molecule has 5 rings (SSSR count). The Morgan fingerprint density at radius 2 is 1.84 bits per heavy atom. The van der Waals surface area contributed by atoms with Gasteiger partial charge in [0.2, 0.25) is 0 Å². The summed E-state index contributed by atoms with van der Waals surface area (Å²) in [6.45, 7) is 0. The first-order valence-electron chi connectivity index (χ1n) is 11.2. The van der Waals surface area contributed by atoms with Gasteiger partial charge in [0, 0.05) is 23.8 Å². The van der Waals surface area contributed by atoms with Crippen molar-refractivity contribution in [3.05, 3.63) is 77.6 Å². The van der Waals surface area contributed by atoms with Crippen molar-refractivity contribution in [2.45, 2.75) is 31.0 Å². The monoisotopic (exact) mass is 540 g/mol. The normalized spacial score (nSPS) is 16.4. The first kappa shape index (κ1) is 25.2. The molecule has 2 amide bonds. The summed E-state index contributed by atoms with van der Waals surface area (Å²) in [5.74, 6) is -2.16. The van der Waals surface area contributed by atoms with Crippen molar-refractivity contribution in [2.75, 3.05) is 15.1 Å². The number of aromatic nitrogens is 2. The lowest BCUT2D eigenvalue weighted by Gasteiger charge is -2.43. The van der Waals surface area contributed by atoms with Crippen LogP contribution in [0.5, 0.6) is 0 Å². The molecule has 1 aliphatic carbocycles. The van der Waals surface area contributed by atoms with E-state index in [1.165, 1.54) is 47.6 Å². The third-order valence-corrected chi connectivity index (χ3v) is 6.89. The fourth-order valence-electron chi connectivity index (χ4n) is 4.55. The number of rotatable bonds is 4. The maximum absolute atomic E-state index is 15.1. The van der Waals surface area contributed by atoms with Crippen LogP contribution in [0.25, 0.3) is 0 Å². The molecule has 1 aromatic carbocycles. The second-order valence-corrected chi connectivity index (χ2v) is 9.06. The van der Waals surface area contributed by atoms with E-state index in [1.807, 2.05) is 0 Å². The molecule has 1 spiro atoms. The summed E-state index contributed by atoms with van der Waals surface area (Å²) in [5.41, 5.74) is -3.28. The van der Waals surface area contributed by atoms with Crippen LogP contribution in [-0.2, 0) is 11.0 Å². The number of alkyl halides is 3. The van der Waals surface area contributed by atoms with Crippen LogP contribution in [0.2, 0.25) is 0 Å². The maximum Gasteiger partial charge on any atom is 0.419 e. The number of halogens is 4. The zero-order valence-corrected chi connectivity index (χ0v) is 20.1. The van der Waals surface area contributed by atoms with Crippen LogP contribution in [0, 0.1) is 17.1 Å². The van der Waals surface area contributed by atoms with Gasteiger partial charge in [0.25, 0.3) is 11.8 Å². The highest BCUT2D eigenvalue weighted by Gasteiger charge is 2.60. The van der Waals surface area contributed by atoms with Gasteiger partial charge in [-0.1, -0.05) is 0 Å². The molecule has 2 fully saturated rings. The molecule has 0 bridgehead atoms. The second-order valence-electron chi connectivity index (χ2n) is 8.70. The van der Waals surface area contributed by atoms with E-state index >= 15 is 4.39 Å².